The molecule has 0 saturated carbocycles. The Kier molecular flexibility index (Phi) is 6.42. The van der Waals surface area contributed by atoms with E-state index in [2.05, 4.69) is 36.4 Å². The fourth-order valence-corrected chi connectivity index (χ4v) is 1.66. The molecule has 0 radical (unpaired) electrons. The molecule has 20 heavy (non-hydrogen) atoms. The number of rotatable bonds is 5. The van der Waals surface area contributed by atoms with E-state index in [1.807, 2.05) is 0 Å². The summed E-state index contributed by atoms with van der Waals surface area (Å²) in [5.41, 5.74) is 0.627. The van der Waals surface area contributed by atoms with Gasteiger partial charge in [-0.2, -0.15) is 0 Å². The Morgan fingerprint density at radius 1 is 1.15 bits per heavy atom. The van der Waals surface area contributed by atoms with Gasteiger partial charge in [-0.05, 0) is 37.0 Å². The fourth-order valence-electron chi connectivity index (χ4n) is 1.66. The van der Waals surface area contributed by atoms with Crippen LogP contribution in [0.1, 0.15) is 26.3 Å². The molecular weight excluding hydrogens is 260 g/mol. The molecule has 112 valence electrons. The molecule has 0 heterocycles. The van der Waals surface area contributed by atoms with Gasteiger partial charge in [0, 0.05) is 25.7 Å². The summed E-state index contributed by atoms with van der Waals surface area (Å²) in [5.74, 6) is 0.0980. The number of benzene rings is 1. The predicted molar refractivity (Wildman–Crippen MR) is 78.9 cm³/mol. The monoisotopic (exact) mass is 283 g/mol. The van der Waals surface area contributed by atoms with Crippen LogP contribution in [0.15, 0.2) is 23.2 Å². The van der Waals surface area contributed by atoms with Crippen LogP contribution in [0.5, 0.6) is 0 Å². The summed E-state index contributed by atoms with van der Waals surface area (Å²) in [6.45, 7) is 6.90. The van der Waals surface area contributed by atoms with Crippen LogP contribution in [0.2, 0.25) is 0 Å². The van der Waals surface area contributed by atoms with Crippen molar-refractivity contribution in [1.82, 2.24) is 10.6 Å². The van der Waals surface area contributed by atoms with E-state index >= 15 is 0 Å². The predicted octanol–water partition coefficient (Wildman–Crippen LogP) is 2.72. The van der Waals surface area contributed by atoms with Gasteiger partial charge < -0.3 is 10.6 Å². The van der Waals surface area contributed by atoms with E-state index in [1.165, 1.54) is 12.1 Å². The molecule has 0 aromatic heterocycles. The smallest absolute Gasteiger partial charge is 0.191 e. The van der Waals surface area contributed by atoms with Gasteiger partial charge in [-0.3, -0.25) is 4.99 Å². The molecule has 0 bridgehead atoms. The number of nitrogens with zero attached hydrogens (tertiary/aromatic N) is 1. The highest BCUT2D eigenvalue weighted by molar-refractivity contribution is 5.79. The number of aliphatic imine (C=N–C) groups is 1. The van der Waals surface area contributed by atoms with Crippen LogP contribution < -0.4 is 10.6 Å². The van der Waals surface area contributed by atoms with E-state index in [0.29, 0.717) is 36.4 Å². The van der Waals surface area contributed by atoms with Gasteiger partial charge in [-0.15, -0.1) is 0 Å². The van der Waals surface area contributed by atoms with E-state index in [0.717, 1.165) is 6.07 Å². The minimum Gasteiger partial charge on any atom is -0.356 e. The lowest BCUT2D eigenvalue weighted by atomic mass is 10.1. The van der Waals surface area contributed by atoms with Crippen molar-refractivity contribution in [3.8, 4) is 0 Å². The Morgan fingerprint density at radius 3 is 2.25 bits per heavy atom. The maximum atomic E-state index is 13.0. The van der Waals surface area contributed by atoms with Gasteiger partial charge in [-0.1, -0.05) is 13.8 Å². The minimum absolute atomic E-state index is 0.299. The number of halogens is 2. The van der Waals surface area contributed by atoms with E-state index in [4.69, 9.17) is 0 Å². The maximum Gasteiger partial charge on any atom is 0.191 e. The van der Waals surface area contributed by atoms with Crippen LogP contribution >= 0.6 is 0 Å². The second-order valence-corrected chi connectivity index (χ2v) is 5.20. The third kappa shape index (κ3) is 5.55. The Morgan fingerprint density at radius 2 is 1.75 bits per heavy atom. The summed E-state index contributed by atoms with van der Waals surface area (Å²) in [7, 11) is 1.70. The number of guanidine groups is 1. The molecule has 1 rings (SSSR count). The second kappa shape index (κ2) is 7.82. The van der Waals surface area contributed by atoms with Gasteiger partial charge in [0.2, 0.25) is 0 Å². The van der Waals surface area contributed by atoms with Crippen LogP contribution in [0.3, 0.4) is 0 Å². The largest absolute Gasteiger partial charge is 0.356 e. The molecule has 3 nitrogen and oxygen atoms in total. The molecule has 1 atom stereocenters. The first kappa shape index (κ1) is 16.4. The van der Waals surface area contributed by atoms with Crippen molar-refractivity contribution in [2.75, 3.05) is 13.6 Å². The van der Waals surface area contributed by atoms with Crippen LogP contribution in [-0.4, -0.2) is 25.6 Å². The van der Waals surface area contributed by atoms with Crippen molar-refractivity contribution in [3.05, 3.63) is 35.4 Å². The lowest BCUT2D eigenvalue weighted by Crippen LogP contribution is -2.44. The molecule has 1 aromatic carbocycles. The first-order chi connectivity index (χ1) is 9.42. The molecule has 1 unspecified atom stereocenters. The summed E-state index contributed by atoms with van der Waals surface area (Å²) in [5, 5.41) is 6.40. The van der Waals surface area contributed by atoms with E-state index < -0.39 is 11.6 Å². The maximum absolute atomic E-state index is 13.0. The molecule has 1 aromatic rings. The van der Waals surface area contributed by atoms with Crippen LogP contribution in [0.4, 0.5) is 8.78 Å². The first-order valence-corrected chi connectivity index (χ1v) is 6.84. The summed E-state index contributed by atoms with van der Waals surface area (Å²) < 4.78 is 26.1. The topological polar surface area (TPSA) is 36.4 Å². The van der Waals surface area contributed by atoms with Gasteiger partial charge in [0.15, 0.2) is 5.96 Å². The van der Waals surface area contributed by atoms with Crippen LogP contribution in [-0.2, 0) is 6.42 Å². The van der Waals surface area contributed by atoms with E-state index in [1.54, 1.807) is 7.05 Å². The summed E-state index contributed by atoms with van der Waals surface area (Å²) in [4.78, 5) is 4.12. The number of nitrogens with one attached hydrogen (secondary N) is 2. The molecule has 0 fully saturated rings. The molecule has 2 N–H and O–H groups in total. The minimum atomic E-state index is -0.545. The van der Waals surface area contributed by atoms with Crippen LogP contribution in [0, 0.1) is 17.6 Å². The van der Waals surface area contributed by atoms with E-state index in [-0.39, 0.29) is 0 Å². The Bertz CT molecular complexity index is 438. The van der Waals surface area contributed by atoms with Gasteiger partial charge in [0.1, 0.15) is 11.6 Å². The Labute approximate surface area is 119 Å². The highest BCUT2D eigenvalue weighted by atomic mass is 19.1. The summed E-state index contributed by atoms with van der Waals surface area (Å²) in [6, 6.07) is 3.87. The van der Waals surface area contributed by atoms with Gasteiger partial charge >= 0.3 is 0 Å². The average molecular weight is 283 g/mol. The van der Waals surface area contributed by atoms with Crippen molar-refractivity contribution in [3.63, 3.8) is 0 Å². The summed E-state index contributed by atoms with van der Waals surface area (Å²) >= 11 is 0. The van der Waals surface area contributed by atoms with Crippen molar-refractivity contribution in [2.24, 2.45) is 10.9 Å². The third-order valence-corrected chi connectivity index (χ3v) is 3.22. The fraction of sp³-hybridized carbons (Fsp3) is 0.533. The SMILES string of the molecule is CN=C(NCCc1cc(F)cc(F)c1)NC(C)C(C)C. The van der Waals surface area contributed by atoms with Crippen molar-refractivity contribution < 1.29 is 8.78 Å². The highest BCUT2D eigenvalue weighted by Gasteiger charge is 2.08. The lowest BCUT2D eigenvalue weighted by molar-refractivity contribution is 0.481. The molecule has 0 amide bonds. The molecule has 0 aliphatic carbocycles. The molecular formula is C15H23F2N3. The molecule has 0 aliphatic heterocycles. The number of hydrogen-bond acceptors (Lipinski definition) is 1. The van der Waals surface area contributed by atoms with Crippen LogP contribution in [0.25, 0.3) is 0 Å². The van der Waals surface area contributed by atoms with Crippen molar-refractivity contribution in [1.29, 1.82) is 0 Å². The van der Waals surface area contributed by atoms with Gasteiger partial charge in [0.25, 0.3) is 0 Å². The normalized spacial score (nSPS) is 13.4. The Hall–Kier alpha value is -1.65. The zero-order valence-corrected chi connectivity index (χ0v) is 12.5. The zero-order valence-electron chi connectivity index (χ0n) is 12.5. The molecule has 5 heteroatoms. The van der Waals surface area contributed by atoms with Crippen molar-refractivity contribution in [2.45, 2.75) is 33.2 Å². The third-order valence-electron chi connectivity index (χ3n) is 3.22. The van der Waals surface area contributed by atoms with E-state index in [9.17, 15) is 8.78 Å². The van der Waals surface area contributed by atoms with Gasteiger partial charge in [0.05, 0.1) is 0 Å². The molecule has 0 aliphatic rings. The first-order valence-electron chi connectivity index (χ1n) is 6.84. The van der Waals surface area contributed by atoms with Crippen molar-refractivity contribution >= 4 is 5.96 Å². The Balaban J connectivity index is 2.46. The number of hydrogen-bond donors (Lipinski definition) is 2. The molecule has 0 saturated heterocycles. The average Bonchev–Trinajstić information content (AvgIpc) is 2.36. The van der Waals surface area contributed by atoms with Gasteiger partial charge in [-0.25, -0.2) is 8.78 Å². The second-order valence-electron chi connectivity index (χ2n) is 5.20. The molecule has 0 spiro atoms. The standard InChI is InChI=1S/C15H23F2N3/c1-10(2)11(3)20-15(18-4)19-6-5-12-7-13(16)9-14(17)8-12/h7-11H,5-6H2,1-4H3,(H2,18,19,20). The quantitative estimate of drug-likeness (QED) is 0.644. The lowest BCUT2D eigenvalue weighted by Gasteiger charge is -2.20. The zero-order chi connectivity index (χ0) is 15.1. The highest BCUT2D eigenvalue weighted by Crippen LogP contribution is 2.08. The summed E-state index contributed by atoms with van der Waals surface area (Å²) in [6.07, 6.45) is 0.533.